The van der Waals surface area contributed by atoms with Gasteiger partial charge in [-0.1, -0.05) is 60.9 Å². The predicted octanol–water partition coefficient (Wildman–Crippen LogP) is 6.02. The Morgan fingerprint density at radius 2 is 2.04 bits per heavy atom. The van der Waals surface area contributed by atoms with Crippen molar-refractivity contribution in [2.24, 2.45) is 5.92 Å². The molecule has 4 nitrogen and oxygen atoms in total. The zero-order valence-electron chi connectivity index (χ0n) is 16.1. The second-order valence-electron chi connectivity index (χ2n) is 7.43. The van der Waals surface area contributed by atoms with Gasteiger partial charge in [0.25, 0.3) is 0 Å². The molecule has 0 aliphatic heterocycles. The van der Waals surface area contributed by atoms with E-state index in [9.17, 15) is 9.46 Å². The summed E-state index contributed by atoms with van der Waals surface area (Å²) in [5.74, 6) is 0.655. The molecule has 2 unspecified atom stereocenters. The Morgan fingerprint density at radius 1 is 1.22 bits per heavy atom. The van der Waals surface area contributed by atoms with Crippen LogP contribution in [0.4, 0.5) is 5.69 Å². The van der Waals surface area contributed by atoms with Crippen LogP contribution < -0.4 is 4.67 Å². The fourth-order valence-corrected chi connectivity index (χ4v) is 4.66. The summed E-state index contributed by atoms with van der Waals surface area (Å²) < 4.78 is 19.3. The van der Waals surface area contributed by atoms with E-state index in [1.54, 1.807) is 19.2 Å². The molecule has 1 fully saturated rings. The first-order valence-electron chi connectivity index (χ1n) is 9.88. The first kappa shape index (κ1) is 20.1. The average Bonchev–Trinajstić information content (AvgIpc) is 2.62. The van der Waals surface area contributed by atoms with E-state index < -0.39 is 7.75 Å². The second-order valence-corrected chi connectivity index (χ2v) is 9.26. The first-order chi connectivity index (χ1) is 13.0. The smallest absolute Gasteiger partial charge is 0.308 e. The van der Waals surface area contributed by atoms with Gasteiger partial charge in [-0.25, -0.2) is 4.57 Å². The molecule has 1 aromatic rings. The van der Waals surface area contributed by atoms with Crippen molar-refractivity contribution < 1.29 is 14.0 Å². The Labute approximate surface area is 162 Å². The van der Waals surface area contributed by atoms with Crippen molar-refractivity contribution in [3.05, 3.63) is 65.8 Å². The molecule has 2 aliphatic carbocycles. The minimum absolute atomic E-state index is 0.220. The van der Waals surface area contributed by atoms with E-state index in [2.05, 4.69) is 24.3 Å². The number of rotatable bonds is 6. The van der Waals surface area contributed by atoms with Crippen LogP contribution in [0.3, 0.4) is 0 Å². The number of hydrogen-bond acceptors (Lipinski definition) is 2. The molecule has 2 atom stereocenters. The third-order valence-electron chi connectivity index (χ3n) is 5.34. The summed E-state index contributed by atoms with van der Waals surface area (Å²) >= 11 is 0. The van der Waals surface area contributed by atoms with Crippen molar-refractivity contribution in [1.29, 1.82) is 0 Å². The zero-order chi connectivity index (χ0) is 19.1. The summed E-state index contributed by atoms with van der Waals surface area (Å²) in [6.45, 7) is 0.220. The van der Waals surface area contributed by atoms with Gasteiger partial charge >= 0.3 is 7.75 Å². The molecule has 2 bridgehead atoms. The molecule has 1 saturated carbocycles. The Bertz CT molecular complexity index is 754. The van der Waals surface area contributed by atoms with E-state index in [1.165, 1.54) is 41.5 Å². The number of benzene rings is 1. The van der Waals surface area contributed by atoms with Crippen molar-refractivity contribution in [1.82, 2.24) is 0 Å². The lowest BCUT2D eigenvalue weighted by molar-refractivity contribution is 0.262. The van der Waals surface area contributed by atoms with E-state index in [4.69, 9.17) is 4.52 Å². The molecular weight excluding hydrogens is 357 g/mol. The monoisotopic (exact) mass is 387 g/mol. The third-order valence-corrected chi connectivity index (χ3v) is 6.85. The second kappa shape index (κ2) is 9.54. The number of allylic oxidation sites excluding steroid dienone is 5. The summed E-state index contributed by atoms with van der Waals surface area (Å²) in [6.07, 6.45) is 17.0. The number of nitrogens with zero attached hydrogens (tertiary/aromatic N) is 1. The van der Waals surface area contributed by atoms with Crippen LogP contribution in [-0.2, 0) is 9.09 Å². The van der Waals surface area contributed by atoms with Crippen LogP contribution in [0.15, 0.2) is 65.8 Å². The van der Waals surface area contributed by atoms with Crippen molar-refractivity contribution in [3.63, 3.8) is 0 Å². The first-order valence-corrected chi connectivity index (χ1v) is 11.4. The van der Waals surface area contributed by atoms with Gasteiger partial charge in [0, 0.05) is 12.7 Å². The van der Waals surface area contributed by atoms with Gasteiger partial charge in [0.05, 0.1) is 6.61 Å². The fraction of sp³-hybridized carbons (Fsp3) is 0.455. The summed E-state index contributed by atoms with van der Waals surface area (Å²) in [5.41, 5.74) is 3.34. The molecule has 0 spiro atoms. The summed E-state index contributed by atoms with van der Waals surface area (Å²) in [7, 11) is -2.27. The Balaban J connectivity index is 1.60. The molecule has 1 aromatic carbocycles. The molecule has 2 aliphatic rings. The molecule has 27 heavy (non-hydrogen) atoms. The van der Waals surface area contributed by atoms with Crippen LogP contribution in [0, 0.1) is 5.92 Å². The Hall–Kier alpha value is -1.61. The summed E-state index contributed by atoms with van der Waals surface area (Å²) in [6, 6.07) is 9.15. The molecule has 0 amide bonds. The number of hydrogen-bond donors (Lipinski definition) is 1. The Kier molecular flexibility index (Phi) is 7.12. The maximum atomic E-state index is 12.5. The molecule has 5 heteroatoms. The van der Waals surface area contributed by atoms with Crippen molar-refractivity contribution in [2.75, 3.05) is 18.3 Å². The van der Waals surface area contributed by atoms with Crippen LogP contribution >= 0.6 is 7.75 Å². The van der Waals surface area contributed by atoms with Gasteiger partial charge in [-0.15, -0.1) is 0 Å². The van der Waals surface area contributed by atoms with E-state index in [-0.39, 0.29) is 6.61 Å². The predicted molar refractivity (Wildman–Crippen MR) is 112 cm³/mol. The number of anilines is 1. The molecule has 0 radical (unpaired) electrons. The highest BCUT2D eigenvalue weighted by atomic mass is 31.2. The molecule has 1 N–H and O–H groups in total. The molecule has 0 heterocycles. The number of fused-ring (bicyclic) bond motifs is 2. The maximum Gasteiger partial charge on any atom is 0.432 e. The van der Waals surface area contributed by atoms with Crippen molar-refractivity contribution in [2.45, 2.75) is 44.9 Å². The van der Waals surface area contributed by atoms with Gasteiger partial charge in [-0.3, -0.25) is 9.19 Å². The lowest BCUT2D eigenvalue weighted by Gasteiger charge is -2.24. The van der Waals surface area contributed by atoms with E-state index in [0.29, 0.717) is 18.0 Å². The fourth-order valence-electron chi connectivity index (χ4n) is 3.73. The largest absolute Gasteiger partial charge is 0.432 e. The lowest BCUT2D eigenvalue weighted by Crippen LogP contribution is -2.15. The van der Waals surface area contributed by atoms with Gasteiger partial charge in [-0.05, 0) is 55.7 Å². The highest BCUT2D eigenvalue weighted by Gasteiger charge is 2.26. The molecular formula is C22H30NO3P. The molecule has 3 rings (SSSR count). The minimum atomic E-state index is -3.86. The lowest BCUT2D eigenvalue weighted by atomic mass is 9.85. The summed E-state index contributed by atoms with van der Waals surface area (Å²) in [4.78, 5) is 10.3. The molecule has 0 aromatic heterocycles. The average molecular weight is 387 g/mol. The maximum absolute atomic E-state index is 12.5. The van der Waals surface area contributed by atoms with Gasteiger partial charge in [0.1, 0.15) is 0 Å². The molecule has 146 valence electrons. The van der Waals surface area contributed by atoms with Crippen molar-refractivity contribution >= 4 is 13.4 Å². The van der Waals surface area contributed by atoms with Crippen LogP contribution in [0.25, 0.3) is 0 Å². The summed E-state index contributed by atoms with van der Waals surface area (Å²) in [5, 5.41) is 0. The topological polar surface area (TPSA) is 49.8 Å². The van der Waals surface area contributed by atoms with Crippen LogP contribution in [-0.4, -0.2) is 18.5 Å². The zero-order valence-corrected chi connectivity index (χ0v) is 17.0. The van der Waals surface area contributed by atoms with E-state index in [0.717, 1.165) is 12.8 Å². The van der Waals surface area contributed by atoms with Gasteiger partial charge in [0.15, 0.2) is 0 Å². The minimum Gasteiger partial charge on any atom is -0.308 e. The van der Waals surface area contributed by atoms with Crippen molar-refractivity contribution in [3.8, 4) is 0 Å². The SMILES string of the molecule is CN(c1ccccc1)P(=O)(O)OCCC1=C/C=C\C2CCCCCC(=C1)C2. The van der Waals surface area contributed by atoms with Gasteiger partial charge in [-0.2, -0.15) is 0 Å². The van der Waals surface area contributed by atoms with Crippen LogP contribution in [0.2, 0.25) is 0 Å². The third kappa shape index (κ3) is 5.93. The quantitative estimate of drug-likeness (QED) is 0.606. The highest BCUT2D eigenvalue weighted by molar-refractivity contribution is 7.54. The standard InChI is InChI=1S/C22H30NO3P/c1-23(22-13-6-3-7-14-22)27(24,25)26-16-15-20-12-8-11-19-9-4-2-5-10-21(17-19)18-20/h3,6-8,11-14,18-19H,2,4-5,9-10,15-17H2,1H3,(H,24,25)/b11-8-,20-12?,21-18?. The van der Waals surface area contributed by atoms with Crippen LogP contribution in [0.5, 0.6) is 0 Å². The van der Waals surface area contributed by atoms with Gasteiger partial charge in [0.2, 0.25) is 0 Å². The highest BCUT2D eigenvalue weighted by Crippen LogP contribution is 2.48. The normalized spacial score (nSPS) is 23.6. The van der Waals surface area contributed by atoms with E-state index in [1.807, 2.05) is 18.2 Å². The Morgan fingerprint density at radius 3 is 2.85 bits per heavy atom. The molecule has 0 saturated heterocycles. The van der Waals surface area contributed by atoms with Crippen LogP contribution in [0.1, 0.15) is 44.9 Å². The number of para-hydroxylation sites is 1. The van der Waals surface area contributed by atoms with E-state index >= 15 is 0 Å². The van der Waals surface area contributed by atoms with Gasteiger partial charge < -0.3 is 4.89 Å².